The van der Waals surface area contributed by atoms with E-state index in [1.165, 1.54) is 12.0 Å². The quantitative estimate of drug-likeness (QED) is 0.491. The highest BCUT2D eigenvalue weighted by atomic mass is 79.9. The highest BCUT2D eigenvalue weighted by Crippen LogP contribution is 2.57. The van der Waals surface area contributed by atoms with Gasteiger partial charge in [0.1, 0.15) is 0 Å². The Morgan fingerprint density at radius 2 is 2.11 bits per heavy atom. The number of para-hydroxylation sites is 1. The molecule has 0 saturated heterocycles. The largest absolute Gasteiger partial charge is 0.493 e. The summed E-state index contributed by atoms with van der Waals surface area (Å²) in [6.45, 7) is 5.21. The Morgan fingerprint density at radius 1 is 1.25 bits per heavy atom. The van der Waals surface area contributed by atoms with Crippen LogP contribution in [0.1, 0.15) is 31.0 Å². The summed E-state index contributed by atoms with van der Waals surface area (Å²) >= 11 is 3.87. The zero-order chi connectivity index (χ0) is 19.5. The lowest BCUT2D eigenvalue weighted by atomic mass is 9.65. The lowest BCUT2D eigenvalue weighted by Crippen LogP contribution is -2.48. The van der Waals surface area contributed by atoms with Gasteiger partial charge in [0.15, 0.2) is 23.7 Å². The molecular formula is C22H21BrN2O3. The second-order valence-corrected chi connectivity index (χ2v) is 8.64. The van der Waals surface area contributed by atoms with Crippen molar-refractivity contribution in [1.29, 1.82) is 0 Å². The highest BCUT2D eigenvalue weighted by molar-refractivity contribution is 9.10. The van der Waals surface area contributed by atoms with Crippen molar-refractivity contribution in [2.75, 3.05) is 17.6 Å². The van der Waals surface area contributed by atoms with Crippen LogP contribution in [0.15, 0.2) is 53.4 Å². The summed E-state index contributed by atoms with van der Waals surface area (Å²) in [7, 11) is 1.68. The fraction of sp³-hybridized carbons (Fsp3) is 0.318. The van der Waals surface area contributed by atoms with Gasteiger partial charge in [-0.2, -0.15) is 0 Å². The van der Waals surface area contributed by atoms with Gasteiger partial charge in [0, 0.05) is 22.5 Å². The molecule has 0 aliphatic carbocycles. The molecule has 5 rings (SSSR count). The maximum atomic E-state index is 6.22. The first-order valence-electron chi connectivity index (χ1n) is 9.30. The van der Waals surface area contributed by atoms with E-state index in [0.29, 0.717) is 6.61 Å². The van der Waals surface area contributed by atoms with Gasteiger partial charge in [-0.1, -0.05) is 26.0 Å². The SMILES string of the molecule is COc1cccc2c1OCC1C2N(Br)c2ccc(-c3cnco3)cc2C1(C)C. The van der Waals surface area contributed by atoms with Gasteiger partial charge in [-0.15, -0.1) is 0 Å². The fourth-order valence-electron chi connectivity index (χ4n) is 4.54. The summed E-state index contributed by atoms with van der Waals surface area (Å²) in [5.41, 5.74) is 4.49. The number of anilines is 1. The zero-order valence-corrected chi connectivity index (χ0v) is 17.6. The number of ether oxygens (including phenoxy) is 2. The average Bonchev–Trinajstić information content (AvgIpc) is 3.25. The number of rotatable bonds is 2. The van der Waals surface area contributed by atoms with Crippen molar-refractivity contribution in [3.63, 3.8) is 0 Å². The third kappa shape index (κ3) is 2.40. The normalized spacial score (nSPS) is 21.9. The molecule has 3 aromatic rings. The summed E-state index contributed by atoms with van der Waals surface area (Å²) in [6, 6.07) is 12.7. The van der Waals surface area contributed by atoms with Crippen LogP contribution in [0, 0.1) is 5.92 Å². The van der Waals surface area contributed by atoms with Crippen molar-refractivity contribution in [2.24, 2.45) is 5.92 Å². The molecule has 144 valence electrons. The minimum absolute atomic E-state index is 0.0962. The molecular weight excluding hydrogens is 420 g/mol. The number of methoxy groups -OCH3 is 1. The predicted octanol–water partition coefficient (Wildman–Crippen LogP) is 5.51. The Balaban J connectivity index is 1.67. The Morgan fingerprint density at radius 3 is 2.86 bits per heavy atom. The van der Waals surface area contributed by atoms with E-state index in [-0.39, 0.29) is 17.4 Å². The predicted molar refractivity (Wildman–Crippen MR) is 111 cm³/mol. The van der Waals surface area contributed by atoms with E-state index in [2.05, 4.69) is 63.2 Å². The third-order valence-corrected chi connectivity index (χ3v) is 6.97. The Hall–Kier alpha value is -2.47. The van der Waals surface area contributed by atoms with E-state index < -0.39 is 0 Å². The van der Waals surface area contributed by atoms with Gasteiger partial charge in [0.25, 0.3) is 0 Å². The lowest BCUT2D eigenvalue weighted by molar-refractivity contribution is 0.126. The van der Waals surface area contributed by atoms with Gasteiger partial charge in [-0.05, 0) is 29.8 Å². The van der Waals surface area contributed by atoms with E-state index in [1.807, 2.05) is 12.1 Å². The van der Waals surface area contributed by atoms with Crippen molar-refractivity contribution in [1.82, 2.24) is 4.98 Å². The summed E-state index contributed by atoms with van der Waals surface area (Å²) in [4.78, 5) is 4.05. The molecule has 0 bridgehead atoms. The van der Waals surface area contributed by atoms with Crippen LogP contribution in [0.2, 0.25) is 0 Å². The molecule has 1 aromatic heterocycles. The van der Waals surface area contributed by atoms with Gasteiger partial charge in [-0.25, -0.2) is 4.98 Å². The van der Waals surface area contributed by atoms with Gasteiger partial charge < -0.3 is 17.8 Å². The van der Waals surface area contributed by atoms with Crippen LogP contribution < -0.4 is 13.4 Å². The summed E-state index contributed by atoms with van der Waals surface area (Å²) < 4.78 is 19.5. The molecule has 2 aromatic carbocycles. The summed E-state index contributed by atoms with van der Waals surface area (Å²) in [6.07, 6.45) is 3.21. The molecule has 6 heteroatoms. The minimum Gasteiger partial charge on any atom is -0.493 e. The maximum Gasteiger partial charge on any atom is 0.181 e. The molecule has 0 amide bonds. The second kappa shape index (κ2) is 6.27. The van der Waals surface area contributed by atoms with E-state index in [4.69, 9.17) is 13.9 Å². The van der Waals surface area contributed by atoms with Crippen molar-refractivity contribution in [3.05, 3.63) is 60.1 Å². The van der Waals surface area contributed by atoms with Crippen LogP contribution in [0.4, 0.5) is 5.69 Å². The van der Waals surface area contributed by atoms with Crippen LogP contribution >= 0.6 is 16.1 Å². The highest BCUT2D eigenvalue weighted by Gasteiger charge is 2.50. The van der Waals surface area contributed by atoms with Crippen LogP contribution in [-0.4, -0.2) is 18.7 Å². The molecule has 2 aliphatic rings. The molecule has 0 saturated carbocycles. The minimum atomic E-state index is -0.0962. The molecule has 3 heterocycles. The number of oxazole rings is 1. The number of aromatic nitrogens is 1. The summed E-state index contributed by atoms with van der Waals surface area (Å²) in [5.74, 6) is 2.66. The number of benzene rings is 2. The number of halogens is 1. The van der Waals surface area contributed by atoms with E-state index in [0.717, 1.165) is 34.1 Å². The Labute approximate surface area is 172 Å². The van der Waals surface area contributed by atoms with Crippen molar-refractivity contribution >= 4 is 21.8 Å². The molecule has 2 atom stereocenters. The van der Waals surface area contributed by atoms with Gasteiger partial charge in [-0.3, -0.25) is 0 Å². The van der Waals surface area contributed by atoms with Crippen molar-refractivity contribution < 1.29 is 13.9 Å². The number of hydrogen-bond acceptors (Lipinski definition) is 5. The lowest BCUT2D eigenvalue weighted by Gasteiger charge is -2.51. The molecule has 2 unspecified atom stereocenters. The average molecular weight is 441 g/mol. The smallest absolute Gasteiger partial charge is 0.181 e. The van der Waals surface area contributed by atoms with Gasteiger partial charge >= 0.3 is 0 Å². The van der Waals surface area contributed by atoms with Crippen LogP contribution in [0.25, 0.3) is 11.3 Å². The van der Waals surface area contributed by atoms with E-state index in [9.17, 15) is 0 Å². The fourth-order valence-corrected chi connectivity index (χ4v) is 5.36. The van der Waals surface area contributed by atoms with Crippen molar-refractivity contribution in [3.8, 4) is 22.8 Å². The molecule has 2 aliphatic heterocycles. The van der Waals surface area contributed by atoms with Gasteiger partial charge in [0.2, 0.25) is 0 Å². The Bertz CT molecular complexity index is 1030. The van der Waals surface area contributed by atoms with E-state index in [1.54, 1.807) is 13.3 Å². The first-order chi connectivity index (χ1) is 13.5. The van der Waals surface area contributed by atoms with Crippen LogP contribution in [-0.2, 0) is 5.41 Å². The van der Waals surface area contributed by atoms with Crippen LogP contribution in [0.5, 0.6) is 11.5 Å². The topological polar surface area (TPSA) is 47.7 Å². The summed E-state index contributed by atoms with van der Waals surface area (Å²) in [5, 5.41) is 0. The molecule has 28 heavy (non-hydrogen) atoms. The monoisotopic (exact) mass is 440 g/mol. The third-order valence-electron chi connectivity index (χ3n) is 6.15. The van der Waals surface area contributed by atoms with Crippen molar-refractivity contribution in [2.45, 2.75) is 25.3 Å². The number of nitrogens with zero attached hydrogens (tertiary/aromatic N) is 2. The maximum absolute atomic E-state index is 6.22. The Kier molecular flexibility index (Phi) is 3.95. The first-order valence-corrected chi connectivity index (χ1v) is 10.0. The van der Waals surface area contributed by atoms with Gasteiger partial charge in [0.05, 0.1) is 47.8 Å². The molecule has 0 fully saturated rings. The molecule has 0 spiro atoms. The zero-order valence-electron chi connectivity index (χ0n) is 16.0. The second-order valence-electron chi connectivity index (χ2n) is 7.87. The first kappa shape index (κ1) is 17.6. The molecule has 0 radical (unpaired) electrons. The molecule has 5 nitrogen and oxygen atoms in total. The van der Waals surface area contributed by atoms with E-state index >= 15 is 0 Å². The van der Waals surface area contributed by atoms with Crippen LogP contribution in [0.3, 0.4) is 0 Å². The number of hydrogen-bond donors (Lipinski definition) is 0. The molecule has 0 N–H and O–H groups in total. The number of fused-ring (bicyclic) bond motifs is 4. The standard InChI is InChI=1S/C22H21BrN2O3/c1-22(2)15-9-13(19-10-24-12-28-19)7-8-17(15)25(23)20-14-5-4-6-18(26-3)21(14)27-11-16(20)22/h4-10,12,16,20H,11H2,1-3H3.